The van der Waals surface area contributed by atoms with Crippen molar-refractivity contribution in [3.63, 3.8) is 0 Å². The Hall–Kier alpha value is -1.72. The molecule has 2 N–H and O–H groups in total. The van der Waals surface area contributed by atoms with E-state index in [1.165, 1.54) is 6.33 Å². The van der Waals surface area contributed by atoms with E-state index in [1.54, 1.807) is 11.0 Å². The molecule has 0 unspecified atom stereocenters. The number of nitrogens with two attached hydrogens (primary N) is 1. The van der Waals surface area contributed by atoms with E-state index in [-0.39, 0.29) is 0 Å². The first-order chi connectivity index (χ1) is 7.40. The van der Waals surface area contributed by atoms with E-state index in [4.69, 9.17) is 5.90 Å². The van der Waals surface area contributed by atoms with Crippen LogP contribution in [0.3, 0.4) is 0 Å². The van der Waals surface area contributed by atoms with Crippen molar-refractivity contribution in [3.05, 3.63) is 42.5 Å². The van der Waals surface area contributed by atoms with Crippen LogP contribution in [-0.4, -0.2) is 21.4 Å². The average Bonchev–Trinajstić information content (AvgIpc) is 2.80. The Bertz CT molecular complexity index is 413. The van der Waals surface area contributed by atoms with E-state index in [9.17, 15) is 0 Å². The Morgan fingerprint density at radius 1 is 1.40 bits per heavy atom. The standard InChI is InChI=1S/C10H12N4O/c11-15-5-4-9-2-1-3-10(6-9)14-8-12-7-13-14/h1-3,6-8H,4-5,11H2. The fraction of sp³-hybridized carbons (Fsp3) is 0.200. The molecule has 0 aliphatic rings. The first kappa shape index (κ1) is 9.82. The van der Waals surface area contributed by atoms with Gasteiger partial charge in [-0.25, -0.2) is 15.6 Å². The third kappa shape index (κ3) is 2.39. The SMILES string of the molecule is NOCCc1cccc(-n2cncn2)c1. The van der Waals surface area contributed by atoms with Crippen LogP contribution in [0, 0.1) is 0 Å². The van der Waals surface area contributed by atoms with Crippen molar-refractivity contribution >= 4 is 0 Å². The summed E-state index contributed by atoms with van der Waals surface area (Å²) >= 11 is 0. The highest BCUT2D eigenvalue weighted by Crippen LogP contribution is 2.09. The molecule has 0 amide bonds. The summed E-state index contributed by atoms with van der Waals surface area (Å²) in [6.45, 7) is 0.515. The molecule has 1 aromatic carbocycles. The quantitative estimate of drug-likeness (QED) is 0.744. The Morgan fingerprint density at radius 2 is 2.33 bits per heavy atom. The Morgan fingerprint density at radius 3 is 3.07 bits per heavy atom. The van der Waals surface area contributed by atoms with E-state index in [2.05, 4.69) is 14.9 Å². The van der Waals surface area contributed by atoms with Gasteiger partial charge in [0.05, 0.1) is 12.3 Å². The van der Waals surface area contributed by atoms with Gasteiger partial charge in [-0.05, 0) is 24.1 Å². The maximum atomic E-state index is 4.98. The molecule has 2 aromatic rings. The summed E-state index contributed by atoms with van der Waals surface area (Å²) in [6.07, 6.45) is 3.97. The molecule has 0 bridgehead atoms. The van der Waals surface area contributed by atoms with E-state index in [0.717, 1.165) is 17.7 Å². The predicted molar refractivity (Wildman–Crippen MR) is 55.2 cm³/mol. The largest absolute Gasteiger partial charge is 0.304 e. The van der Waals surface area contributed by atoms with Gasteiger partial charge < -0.3 is 4.84 Å². The molecule has 0 aliphatic carbocycles. The van der Waals surface area contributed by atoms with Crippen molar-refractivity contribution < 1.29 is 4.84 Å². The third-order valence-corrected chi connectivity index (χ3v) is 2.10. The molecule has 0 fully saturated rings. The van der Waals surface area contributed by atoms with Crippen LogP contribution in [0.1, 0.15) is 5.56 Å². The van der Waals surface area contributed by atoms with Crippen LogP contribution in [-0.2, 0) is 11.3 Å². The Labute approximate surface area is 87.5 Å². The first-order valence-corrected chi connectivity index (χ1v) is 4.66. The number of nitrogens with zero attached hydrogens (tertiary/aromatic N) is 3. The number of benzene rings is 1. The topological polar surface area (TPSA) is 66.0 Å². The van der Waals surface area contributed by atoms with Gasteiger partial charge in [0.2, 0.25) is 0 Å². The second-order valence-electron chi connectivity index (χ2n) is 3.13. The van der Waals surface area contributed by atoms with Crippen LogP contribution >= 0.6 is 0 Å². The van der Waals surface area contributed by atoms with Crippen molar-refractivity contribution in [1.82, 2.24) is 14.8 Å². The molecule has 78 valence electrons. The van der Waals surface area contributed by atoms with E-state index in [1.807, 2.05) is 24.3 Å². The average molecular weight is 204 g/mol. The Kier molecular flexibility index (Phi) is 3.06. The number of rotatable bonds is 4. The van der Waals surface area contributed by atoms with Crippen LogP contribution in [0.15, 0.2) is 36.9 Å². The highest BCUT2D eigenvalue weighted by molar-refractivity contribution is 5.34. The maximum Gasteiger partial charge on any atom is 0.138 e. The molecule has 0 atom stereocenters. The van der Waals surface area contributed by atoms with Crippen molar-refractivity contribution in [1.29, 1.82) is 0 Å². The summed E-state index contributed by atoms with van der Waals surface area (Å²) in [5.74, 6) is 4.98. The normalized spacial score (nSPS) is 10.5. The minimum absolute atomic E-state index is 0.515. The summed E-state index contributed by atoms with van der Waals surface area (Å²) in [5.41, 5.74) is 2.15. The minimum Gasteiger partial charge on any atom is -0.304 e. The van der Waals surface area contributed by atoms with Crippen LogP contribution in [0.25, 0.3) is 5.69 Å². The maximum absolute atomic E-state index is 4.98. The molecule has 1 heterocycles. The van der Waals surface area contributed by atoms with Crippen molar-refractivity contribution in [2.24, 2.45) is 5.90 Å². The smallest absolute Gasteiger partial charge is 0.138 e. The summed E-state index contributed by atoms with van der Waals surface area (Å²) in [4.78, 5) is 8.44. The zero-order valence-corrected chi connectivity index (χ0v) is 8.21. The van der Waals surface area contributed by atoms with Gasteiger partial charge >= 0.3 is 0 Å². The van der Waals surface area contributed by atoms with Gasteiger partial charge in [-0.1, -0.05) is 12.1 Å². The van der Waals surface area contributed by atoms with E-state index < -0.39 is 0 Å². The minimum atomic E-state index is 0.515. The molecule has 15 heavy (non-hydrogen) atoms. The molecule has 0 aliphatic heterocycles. The van der Waals surface area contributed by atoms with Crippen LogP contribution in [0.2, 0.25) is 0 Å². The zero-order chi connectivity index (χ0) is 10.5. The van der Waals surface area contributed by atoms with E-state index >= 15 is 0 Å². The molecule has 5 heteroatoms. The molecular weight excluding hydrogens is 192 g/mol. The van der Waals surface area contributed by atoms with Crippen LogP contribution in [0.4, 0.5) is 0 Å². The number of aromatic nitrogens is 3. The fourth-order valence-corrected chi connectivity index (χ4v) is 1.37. The van der Waals surface area contributed by atoms with Crippen molar-refractivity contribution in [3.8, 4) is 5.69 Å². The summed E-state index contributed by atoms with van der Waals surface area (Å²) in [7, 11) is 0. The van der Waals surface area contributed by atoms with Gasteiger partial charge in [0, 0.05) is 0 Å². The summed E-state index contributed by atoms with van der Waals surface area (Å²) < 4.78 is 1.72. The molecule has 2 rings (SSSR count). The van der Waals surface area contributed by atoms with Gasteiger partial charge in [0.25, 0.3) is 0 Å². The van der Waals surface area contributed by atoms with Crippen molar-refractivity contribution in [2.45, 2.75) is 6.42 Å². The van der Waals surface area contributed by atoms with Gasteiger partial charge in [-0.2, -0.15) is 5.10 Å². The van der Waals surface area contributed by atoms with Crippen molar-refractivity contribution in [2.75, 3.05) is 6.61 Å². The van der Waals surface area contributed by atoms with Crippen LogP contribution in [0.5, 0.6) is 0 Å². The van der Waals surface area contributed by atoms with Gasteiger partial charge in [0.1, 0.15) is 12.7 Å². The van der Waals surface area contributed by atoms with Gasteiger partial charge in [0.15, 0.2) is 0 Å². The lowest BCUT2D eigenvalue weighted by atomic mass is 10.1. The molecule has 0 saturated carbocycles. The second kappa shape index (κ2) is 4.68. The van der Waals surface area contributed by atoms with Gasteiger partial charge in [-0.3, -0.25) is 0 Å². The highest BCUT2D eigenvalue weighted by Gasteiger charge is 1.98. The Balaban J connectivity index is 2.19. The lowest BCUT2D eigenvalue weighted by Gasteiger charge is -2.03. The van der Waals surface area contributed by atoms with Gasteiger partial charge in [-0.15, -0.1) is 0 Å². The zero-order valence-electron chi connectivity index (χ0n) is 8.21. The molecule has 0 radical (unpaired) electrons. The molecular formula is C10H12N4O. The summed E-state index contributed by atoms with van der Waals surface area (Å²) in [5, 5.41) is 4.06. The lowest BCUT2D eigenvalue weighted by Crippen LogP contribution is -2.04. The summed E-state index contributed by atoms with van der Waals surface area (Å²) in [6, 6.07) is 8.01. The van der Waals surface area contributed by atoms with E-state index in [0.29, 0.717) is 6.61 Å². The number of hydrogen-bond donors (Lipinski definition) is 1. The number of hydrogen-bond acceptors (Lipinski definition) is 4. The molecule has 1 aromatic heterocycles. The second-order valence-corrected chi connectivity index (χ2v) is 3.13. The molecule has 0 spiro atoms. The predicted octanol–water partition coefficient (Wildman–Crippen LogP) is 0.700. The lowest BCUT2D eigenvalue weighted by molar-refractivity contribution is 0.141. The highest BCUT2D eigenvalue weighted by atomic mass is 16.6. The monoisotopic (exact) mass is 204 g/mol. The third-order valence-electron chi connectivity index (χ3n) is 2.10. The first-order valence-electron chi connectivity index (χ1n) is 4.66. The molecule has 0 saturated heterocycles. The molecule has 5 nitrogen and oxygen atoms in total. The fourth-order valence-electron chi connectivity index (χ4n) is 1.37. The van der Waals surface area contributed by atoms with Crippen LogP contribution < -0.4 is 5.90 Å².